The summed E-state index contributed by atoms with van der Waals surface area (Å²) >= 11 is 7.33. The first-order valence-electron chi connectivity index (χ1n) is 6.49. The topological polar surface area (TPSA) is 66.5 Å². The van der Waals surface area contributed by atoms with E-state index in [-0.39, 0.29) is 18.9 Å². The van der Waals surface area contributed by atoms with E-state index in [0.29, 0.717) is 10.8 Å². The van der Waals surface area contributed by atoms with Gasteiger partial charge in [-0.1, -0.05) is 11.6 Å². The maximum atomic E-state index is 12.1. The first-order valence-corrected chi connectivity index (χ1v) is 7.85. The van der Waals surface area contributed by atoms with Crippen LogP contribution in [0.3, 0.4) is 0 Å². The molecule has 7 heteroatoms. The molecule has 0 radical (unpaired) electrons. The molecule has 1 atom stereocenters. The van der Waals surface area contributed by atoms with E-state index in [1.54, 1.807) is 19.1 Å². The molecule has 0 aliphatic carbocycles. The molecule has 1 aliphatic rings. The van der Waals surface area contributed by atoms with Crippen LogP contribution in [-0.2, 0) is 14.4 Å². The van der Waals surface area contributed by atoms with Crippen LogP contribution >= 0.6 is 23.4 Å². The highest BCUT2D eigenvalue weighted by molar-refractivity contribution is 7.99. The monoisotopic (exact) mass is 326 g/mol. The van der Waals surface area contributed by atoms with Crippen LogP contribution < -0.4 is 5.32 Å². The Labute approximate surface area is 132 Å². The molecule has 1 unspecified atom stereocenters. The molecule has 1 saturated heterocycles. The van der Waals surface area contributed by atoms with Gasteiger partial charge in [0.15, 0.2) is 0 Å². The van der Waals surface area contributed by atoms with E-state index in [0.717, 1.165) is 4.90 Å². The second kappa shape index (κ2) is 6.95. The van der Waals surface area contributed by atoms with Crippen molar-refractivity contribution < 1.29 is 14.4 Å². The number of nitrogens with one attached hydrogen (secondary N) is 1. The largest absolute Gasteiger partial charge is 0.322 e. The van der Waals surface area contributed by atoms with Gasteiger partial charge in [0.05, 0.1) is 0 Å². The number of piperazine rings is 1. The van der Waals surface area contributed by atoms with Crippen LogP contribution in [0, 0.1) is 0 Å². The Bertz CT molecular complexity index is 562. The standard InChI is InChI=1S/C14H15ClN2O3S/c1-9-14(20)16-12(18)8-17(9)13(19)6-7-21-11-4-2-10(15)3-5-11/h2-5,9H,6-8H2,1H3,(H,16,18,20). The van der Waals surface area contributed by atoms with Crippen LogP contribution in [0.5, 0.6) is 0 Å². The highest BCUT2D eigenvalue weighted by Crippen LogP contribution is 2.21. The Kier molecular flexibility index (Phi) is 5.25. The van der Waals surface area contributed by atoms with Crippen LogP contribution in [0.15, 0.2) is 29.2 Å². The maximum Gasteiger partial charge on any atom is 0.249 e. The van der Waals surface area contributed by atoms with Gasteiger partial charge < -0.3 is 4.90 Å². The van der Waals surface area contributed by atoms with E-state index in [1.807, 2.05) is 12.1 Å². The molecule has 0 spiro atoms. The van der Waals surface area contributed by atoms with Crippen molar-refractivity contribution in [2.24, 2.45) is 0 Å². The molecule has 0 aromatic heterocycles. The van der Waals surface area contributed by atoms with Crippen LogP contribution in [0.4, 0.5) is 0 Å². The van der Waals surface area contributed by atoms with Gasteiger partial charge in [-0.15, -0.1) is 11.8 Å². The lowest BCUT2D eigenvalue weighted by Gasteiger charge is -2.31. The van der Waals surface area contributed by atoms with Gasteiger partial charge in [0.2, 0.25) is 17.7 Å². The van der Waals surface area contributed by atoms with E-state index in [2.05, 4.69) is 5.32 Å². The average Bonchev–Trinajstić information content (AvgIpc) is 2.44. The van der Waals surface area contributed by atoms with Crippen molar-refractivity contribution in [2.75, 3.05) is 12.3 Å². The highest BCUT2D eigenvalue weighted by atomic mass is 35.5. The zero-order chi connectivity index (χ0) is 15.4. The fraction of sp³-hybridized carbons (Fsp3) is 0.357. The highest BCUT2D eigenvalue weighted by Gasteiger charge is 2.32. The van der Waals surface area contributed by atoms with E-state index < -0.39 is 17.9 Å². The number of nitrogens with zero attached hydrogens (tertiary/aromatic N) is 1. The molecule has 1 fully saturated rings. The summed E-state index contributed by atoms with van der Waals surface area (Å²) in [7, 11) is 0. The Morgan fingerprint density at radius 1 is 1.38 bits per heavy atom. The Balaban J connectivity index is 1.85. The molecule has 112 valence electrons. The molecule has 21 heavy (non-hydrogen) atoms. The Morgan fingerprint density at radius 3 is 2.71 bits per heavy atom. The van der Waals surface area contributed by atoms with E-state index in [1.165, 1.54) is 16.7 Å². The fourth-order valence-corrected chi connectivity index (χ4v) is 2.92. The van der Waals surface area contributed by atoms with Crippen molar-refractivity contribution in [1.29, 1.82) is 0 Å². The van der Waals surface area contributed by atoms with Gasteiger partial charge in [-0.25, -0.2) is 0 Å². The number of amides is 3. The van der Waals surface area contributed by atoms with Crippen LogP contribution in [0.25, 0.3) is 0 Å². The number of carbonyl (C=O) groups is 3. The minimum Gasteiger partial charge on any atom is -0.322 e. The number of carbonyl (C=O) groups excluding carboxylic acids is 3. The molecule has 1 heterocycles. The Morgan fingerprint density at radius 2 is 2.05 bits per heavy atom. The number of thioether (sulfide) groups is 1. The summed E-state index contributed by atoms with van der Waals surface area (Å²) in [6, 6.07) is 6.76. The summed E-state index contributed by atoms with van der Waals surface area (Å²) in [5, 5.41) is 2.88. The molecular weight excluding hydrogens is 312 g/mol. The summed E-state index contributed by atoms with van der Waals surface area (Å²) in [4.78, 5) is 37.3. The predicted molar refractivity (Wildman–Crippen MR) is 81.1 cm³/mol. The Hall–Kier alpha value is -1.53. The molecule has 3 amide bonds. The number of rotatable bonds is 4. The lowest BCUT2D eigenvalue weighted by Crippen LogP contribution is -2.58. The molecule has 0 saturated carbocycles. The second-order valence-electron chi connectivity index (χ2n) is 4.66. The third-order valence-corrected chi connectivity index (χ3v) is 4.41. The van der Waals surface area contributed by atoms with Crippen molar-refractivity contribution in [1.82, 2.24) is 10.2 Å². The van der Waals surface area contributed by atoms with Crippen molar-refractivity contribution >= 4 is 41.1 Å². The summed E-state index contributed by atoms with van der Waals surface area (Å²) in [6.07, 6.45) is 0.276. The molecular formula is C14H15ClN2O3S. The molecule has 2 rings (SSSR count). The van der Waals surface area contributed by atoms with E-state index in [4.69, 9.17) is 11.6 Å². The molecule has 1 N–H and O–H groups in total. The number of benzene rings is 1. The fourth-order valence-electron chi connectivity index (χ4n) is 1.95. The third kappa shape index (κ3) is 4.22. The summed E-state index contributed by atoms with van der Waals surface area (Å²) < 4.78 is 0. The van der Waals surface area contributed by atoms with Crippen molar-refractivity contribution in [2.45, 2.75) is 24.3 Å². The zero-order valence-corrected chi connectivity index (χ0v) is 13.0. The van der Waals surface area contributed by atoms with Gasteiger partial charge in [0.25, 0.3) is 0 Å². The minimum atomic E-state index is -0.601. The first-order chi connectivity index (χ1) is 9.97. The van der Waals surface area contributed by atoms with Crippen LogP contribution in [0.2, 0.25) is 5.02 Å². The van der Waals surface area contributed by atoms with Gasteiger partial charge in [0.1, 0.15) is 12.6 Å². The second-order valence-corrected chi connectivity index (χ2v) is 6.27. The van der Waals surface area contributed by atoms with Crippen molar-refractivity contribution in [3.63, 3.8) is 0 Å². The number of imide groups is 1. The van der Waals surface area contributed by atoms with Crippen molar-refractivity contribution in [3.8, 4) is 0 Å². The van der Waals surface area contributed by atoms with Crippen LogP contribution in [-0.4, -0.2) is 41.0 Å². The SMILES string of the molecule is CC1C(=O)NC(=O)CN1C(=O)CCSc1ccc(Cl)cc1. The molecule has 0 bridgehead atoms. The molecule has 5 nitrogen and oxygen atoms in total. The van der Waals surface area contributed by atoms with Gasteiger partial charge in [-0.3, -0.25) is 19.7 Å². The van der Waals surface area contributed by atoms with E-state index in [9.17, 15) is 14.4 Å². The normalized spacial score (nSPS) is 18.6. The predicted octanol–water partition coefficient (Wildman–Crippen LogP) is 1.70. The smallest absolute Gasteiger partial charge is 0.249 e. The quantitative estimate of drug-likeness (QED) is 0.675. The lowest BCUT2D eigenvalue weighted by atomic mass is 10.2. The van der Waals surface area contributed by atoms with Crippen LogP contribution in [0.1, 0.15) is 13.3 Å². The van der Waals surface area contributed by atoms with Gasteiger partial charge >= 0.3 is 0 Å². The van der Waals surface area contributed by atoms with E-state index >= 15 is 0 Å². The molecule has 1 aliphatic heterocycles. The average molecular weight is 327 g/mol. The first kappa shape index (κ1) is 15.9. The van der Waals surface area contributed by atoms with Gasteiger partial charge in [0, 0.05) is 22.1 Å². The lowest BCUT2D eigenvalue weighted by molar-refractivity contribution is -0.149. The molecule has 1 aromatic rings. The number of hydrogen-bond acceptors (Lipinski definition) is 4. The van der Waals surface area contributed by atoms with Gasteiger partial charge in [-0.2, -0.15) is 0 Å². The minimum absolute atomic E-state index is 0.0582. The zero-order valence-electron chi connectivity index (χ0n) is 11.5. The maximum absolute atomic E-state index is 12.1. The number of halogens is 1. The summed E-state index contributed by atoms with van der Waals surface area (Å²) in [5.41, 5.74) is 0. The molecule has 1 aromatic carbocycles. The van der Waals surface area contributed by atoms with Crippen molar-refractivity contribution in [3.05, 3.63) is 29.3 Å². The number of hydrogen-bond donors (Lipinski definition) is 1. The van der Waals surface area contributed by atoms with Gasteiger partial charge in [-0.05, 0) is 31.2 Å². The summed E-state index contributed by atoms with van der Waals surface area (Å²) in [6.45, 7) is 1.56. The summed E-state index contributed by atoms with van der Waals surface area (Å²) in [5.74, 6) is -0.464. The third-order valence-electron chi connectivity index (χ3n) is 3.14.